The number of pyridine rings is 1. The zero-order valence-corrected chi connectivity index (χ0v) is 13.4. The Hall–Kier alpha value is -1.78. The Morgan fingerprint density at radius 2 is 2.05 bits per heavy atom. The molecule has 1 unspecified atom stereocenters. The molecule has 2 heterocycles. The molecule has 0 aliphatic rings. The molecule has 4 heteroatoms. The predicted molar refractivity (Wildman–Crippen MR) is 88.9 cm³/mol. The summed E-state index contributed by atoms with van der Waals surface area (Å²) in [5, 5.41) is 5.68. The summed E-state index contributed by atoms with van der Waals surface area (Å²) in [6.07, 6.45) is 2.83. The average molecular weight is 297 g/mol. The molecular formula is C17H19N3S. The second kappa shape index (κ2) is 5.92. The number of nitrogens with zero attached hydrogens (tertiary/aromatic N) is 2. The Kier molecular flexibility index (Phi) is 3.99. The maximum absolute atomic E-state index is 4.81. The quantitative estimate of drug-likeness (QED) is 0.794. The summed E-state index contributed by atoms with van der Waals surface area (Å²) in [5.41, 5.74) is 3.43. The number of aromatic nitrogens is 2. The topological polar surface area (TPSA) is 37.8 Å². The van der Waals surface area contributed by atoms with Crippen molar-refractivity contribution in [1.29, 1.82) is 0 Å². The standard InChI is InChI=1S/C17H19N3S/c1-4-14-11(2)21-17(20-14)16(18-3)13-9-5-7-12-8-6-10-19-15(12)13/h5-10,16,18H,4H2,1-3H3. The molecule has 0 spiro atoms. The summed E-state index contributed by atoms with van der Waals surface area (Å²) in [5.74, 6) is 0. The number of aryl methyl sites for hydroxylation is 2. The van der Waals surface area contributed by atoms with Crippen LogP contribution in [0.4, 0.5) is 0 Å². The summed E-state index contributed by atoms with van der Waals surface area (Å²) in [6, 6.07) is 10.5. The van der Waals surface area contributed by atoms with E-state index in [1.54, 1.807) is 11.3 Å². The minimum Gasteiger partial charge on any atom is -0.307 e. The zero-order valence-electron chi connectivity index (χ0n) is 12.6. The van der Waals surface area contributed by atoms with Crippen LogP contribution in [0.3, 0.4) is 0 Å². The van der Waals surface area contributed by atoms with Crippen molar-refractivity contribution >= 4 is 22.2 Å². The summed E-state index contributed by atoms with van der Waals surface area (Å²) < 4.78 is 0. The largest absolute Gasteiger partial charge is 0.307 e. The molecular weight excluding hydrogens is 278 g/mol. The molecule has 0 bridgehead atoms. The van der Waals surface area contributed by atoms with E-state index < -0.39 is 0 Å². The summed E-state index contributed by atoms with van der Waals surface area (Å²) >= 11 is 1.77. The number of nitrogens with one attached hydrogen (secondary N) is 1. The maximum Gasteiger partial charge on any atom is 0.115 e. The molecule has 0 amide bonds. The molecule has 0 aliphatic heterocycles. The molecule has 3 nitrogen and oxygen atoms in total. The smallest absolute Gasteiger partial charge is 0.115 e. The van der Waals surface area contributed by atoms with Crippen molar-refractivity contribution in [3.8, 4) is 0 Å². The molecule has 3 aromatic rings. The van der Waals surface area contributed by atoms with Crippen LogP contribution < -0.4 is 5.32 Å². The van der Waals surface area contributed by atoms with Gasteiger partial charge in [0.1, 0.15) is 5.01 Å². The lowest BCUT2D eigenvalue weighted by atomic mass is 10.0. The second-order valence-corrected chi connectivity index (χ2v) is 6.29. The summed E-state index contributed by atoms with van der Waals surface area (Å²) in [6.45, 7) is 4.30. The molecule has 1 aromatic carbocycles. The fourth-order valence-corrected chi connectivity index (χ4v) is 3.81. The van der Waals surface area contributed by atoms with E-state index in [2.05, 4.69) is 48.4 Å². The van der Waals surface area contributed by atoms with Crippen molar-refractivity contribution < 1.29 is 0 Å². The van der Waals surface area contributed by atoms with Crippen molar-refractivity contribution in [3.63, 3.8) is 0 Å². The highest BCUT2D eigenvalue weighted by Gasteiger charge is 2.20. The van der Waals surface area contributed by atoms with Gasteiger partial charge in [0, 0.05) is 22.0 Å². The number of para-hydroxylation sites is 1. The van der Waals surface area contributed by atoms with Crippen molar-refractivity contribution in [2.75, 3.05) is 7.05 Å². The normalized spacial score (nSPS) is 12.7. The number of hydrogen-bond acceptors (Lipinski definition) is 4. The Labute approximate surface area is 129 Å². The van der Waals surface area contributed by atoms with Crippen LogP contribution >= 0.6 is 11.3 Å². The molecule has 1 N–H and O–H groups in total. The number of rotatable bonds is 4. The van der Waals surface area contributed by atoms with Gasteiger partial charge in [0.15, 0.2) is 0 Å². The molecule has 0 saturated carbocycles. The van der Waals surface area contributed by atoms with E-state index >= 15 is 0 Å². The SMILES string of the molecule is CCc1nc(C(NC)c2cccc3cccnc23)sc1C. The van der Waals surface area contributed by atoms with Crippen LogP contribution in [0.5, 0.6) is 0 Å². The van der Waals surface area contributed by atoms with Gasteiger partial charge in [0.05, 0.1) is 17.3 Å². The second-order valence-electron chi connectivity index (χ2n) is 5.05. The third-order valence-electron chi connectivity index (χ3n) is 3.75. The van der Waals surface area contributed by atoms with Gasteiger partial charge in [-0.3, -0.25) is 4.98 Å². The highest BCUT2D eigenvalue weighted by molar-refractivity contribution is 7.11. The highest BCUT2D eigenvalue weighted by Crippen LogP contribution is 2.31. The Morgan fingerprint density at radius 1 is 1.24 bits per heavy atom. The number of fused-ring (bicyclic) bond motifs is 1. The van der Waals surface area contributed by atoms with Crippen LogP contribution in [0.15, 0.2) is 36.5 Å². The molecule has 1 atom stereocenters. The lowest BCUT2D eigenvalue weighted by Gasteiger charge is -2.15. The van der Waals surface area contributed by atoms with Crippen molar-refractivity contribution in [2.45, 2.75) is 26.3 Å². The number of thiazole rings is 1. The first-order valence-electron chi connectivity index (χ1n) is 7.21. The Bertz CT molecular complexity index is 758. The number of benzene rings is 1. The fourth-order valence-electron chi connectivity index (χ4n) is 2.67. The van der Waals surface area contributed by atoms with Gasteiger partial charge in [-0.25, -0.2) is 4.98 Å². The first-order chi connectivity index (χ1) is 10.2. The van der Waals surface area contributed by atoms with E-state index in [9.17, 15) is 0 Å². The van der Waals surface area contributed by atoms with Gasteiger partial charge in [0.2, 0.25) is 0 Å². The zero-order chi connectivity index (χ0) is 14.8. The highest BCUT2D eigenvalue weighted by atomic mass is 32.1. The van der Waals surface area contributed by atoms with Crippen molar-refractivity contribution in [2.24, 2.45) is 0 Å². The fraction of sp³-hybridized carbons (Fsp3) is 0.294. The van der Waals surface area contributed by atoms with E-state index in [4.69, 9.17) is 4.98 Å². The van der Waals surface area contributed by atoms with Crippen molar-refractivity contribution in [3.05, 3.63) is 57.7 Å². The van der Waals surface area contributed by atoms with Gasteiger partial charge < -0.3 is 5.32 Å². The lowest BCUT2D eigenvalue weighted by Crippen LogP contribution is -2.18. The van der Waals surface area contributed by atoms with Crippen molar-refractivity contribution in [1.82, 2.24) is 15.3 Å². The first-order valence-corrected chi connectivity index (χ1v) is 8.03. The molecule has 0 aliphatic carbocycles. The van der Waals surface area contributed by atoms with Crippen LogP contribution in [0.1, 0.15) is 34.1 Å². The van der Waals surface area contributed by atoms with Gasteiger partial charge in [-0.15, -0.1) is 11.3 Å². The number of hydrogen-bond donors (Lipinski definition) is 1. The van der Waals surface area contributed by atoms with Crippen LogP contribution in [-0.4, -0.2) is 17.0 Å². The van der Waals surface area contributed by atoms with Crippen LogP contribution in [-0.2, 0) is 6.42 Å². The third kappa shape index (κ3) is 2.57. The maximum atomic E-state index is 4.81. The predicted octanol–water partition coefficient (Wildman–Crippen LogP) is 3.87. The molecule has 21 heavy (non-hydrogen) atoms. The van der Waals surface area contributed by atoms with Gasteiger partial charge in [0.25, 0.3) is 0 Å². The minimum absolute atomic E-state index is 0.0904. The molecule has 2 aromatic heterocycles. The van der Waals surface area contributed by atoms with Crippen LogP contribution in [0.2, 0.25) is 0 Å². The van der Waals surface area contributed by atoms with Gasteiger partial charge in [-0.2, -0.15) is 0 Å². The van der Waals surface area contributed by atoms with E-state index in [0.29, 0.717) is 0 Å². The van der Waals surface area contributed by atoms with Gasteiger partial charge >= 0.3 is 0 Å². The summed E-state index contributed by atoms with van der Waals surface area (Å²) in [7, 11) is 1.98. The molecule has 0 fully saturated rings. The van der Waals surface area contributed by atoms with E-state index in [1.165, 1.54) is 21.5 Å². The molecule has 3 rings (SSSR count). The molecule has 0 saturated heterocycles. The average Bonchev–Trinajstić information content (AvgIpc) is 2.89. The van der Waals surface area contributed by atoms with Crippen LogP contribution in [0, 0.1) is 6.92 Å². The molecule has 108 valence electrons. The Balaban J connectivity index is 2.13. The molecule has 0 radical (unpaired) electrons. The first kappa shape index (κ1) is 14.2. The van der Waals surface area contributed by atoms with Crippen LogP contribution in [0.25, 0.3) is 10.9 Å². The van der Waals surface area contributed by atoms with Gasteiger partial charge in [-0.05, 0) is 26.5 Å². The monoisotopic (exact) mass is 297 g/mol. The Morgan fingerprint density at radius 3 is 2.76 bits per heavy atom. The van der Waals surface area contributed by atoms with E-state index in [1.807, 2.05) is 19.3 Å². The summed E-state index contributed by atoms with van der Waals surface area (Å²) in [4.78, 5) is 10.7. The minimum atomic E-state index is 0.0904. The van der Waals surface area contributed by atoms with E-state index in [0.717, 1.165) is 16.9 Å². The lowest BCUT2D eigenvalue weighted by molar-refractivity contribution is 0.687. The van der Waals surface area contributed by atoms with Gasteiger partial charge in [-0.1, -0.05) is 31.2 Å². The third-order valence-corrected chi connectivity index (χ3v) is 4.83. The van der Waals surface area contributed by atoms with E-state index in [-0.39, 0.29) is 6.04 Å².